The molecule has 9 rings (SSSR count). The Balaban J connectivity index is 0.00000514. The second-order valence-electron chi connectivity index (χ2n) is 22.8. The van der Waals surface area contributed by atoms with Gasteiger partial charge in [0.05, 0.1) is 49.3 Å². The molecule has 4 saturated carbocycles. The fourth-order valence-corrected chi connectivity index (χ4v) is 16.8. The van der Waals surface area contributed by atoms with Crippen molar-refractivity contribution < 1.29 is 0 Å². The summed E-state index contributed by atoms with van der Waals surface area (Å²) in [5.41, 5.74) is 0. The molecular formula is C52H98N8Pb. The van der Waals surface area contributed by atoms with Crippen LogP contribution in [0.3, 0.4) is 0 Å². The van der Waals surface area contributed by atoms with E-state index in [1.807, 2.05) is 0 Å². The average molecular weight is 1040 g/mol. The van der Waals surface area contributed by atoms with Gasteiger partial charge in [0.25, 0.3) is 0 Å². The van der Waals surface area contributed by atoms with Crippen LogP contribution in [0, 0.1) is 71.0 Å². The Morgan fingerprint density at radius 1 is 0.279 bits per heavy atom. The van der Waals surface area contributed by atoms with Gasteiger partial charge >= 0.3 is 27.3 Å². The summed E-state index contributed by atoms with van der Waals surface area (Å²) in [7, 11) is 0. The van der Waals surface area contributed by atoms with Crippen molar-refractivity contribution in [1.29, 1.82) is 0 Å². The molecule has 20 atom stereocenters. The first-order chi connectivity index (χ1) is 29.6. The topological polar surface area (TPSA) is 96.2 Å². The molecule has 5 heterocycles. The summed E-state index contributed by atoms with van der Waals surface area (Å²) in [6.45, 7) is 9.72. The summed E-state index contributed by atoms with van der Waals surface area (Å²) in [6, 6.07) is 0. The van der Waals surface area contributed by atoms with Gasteiger partial charge < -0.3 is 0 Å². The molecule has 2 radical (unpaired) electrons. The molecule has 0 spiro atoms. The van der Waals surface area contributed by atoms with Gasteiger partial charge in [0.15, 0.2) is 0 Å². The first kappa shape index (κ1) is 48.1. The van der Waals surface area contributed by atoms with Crippen molar-refractivity contribution in [3.05, 3.63) is 0 Å². The summed E-state index contributed by atoms with van der Waals surface area (Å²) in [6.07, 6.45) is 42.2. The van der Waals surface area contributed by atoms with Crippen LogP contribution >= 0.6 is 0 Å². The SMILES string of the molecule is CCCCCC1C(CCCCC)C(CCCCC)C2C3NC4NC(NC5NC(NC6NC(NC(N3)C2C1CCCCC)C1CCCCC61)C1CCCCC51)C1CCCCC41.[PbH2]. The van der Waals surface area contributed by atoms with Gasteiger partial charge in [0.2, 0.25) is 0 Å². The fourth-order valence-electron chi connectivity index (χ4n) is 16.8. The minimum atomic E-state index is 0. The van der Waals surface area contributed by atoms with E-state index in [2.05, 4.69) is 70.2 Å². The average Bonchev–Trinajstić information content (AvgIpc) is 4.01. The zero-order valence-corrected chi connectivity index (χ0v) is 45.6. The predicted molar refractivity (Wildman–Crippen MR) is 258 cm³/mol. The van der Waals surface area contributed by atoms with Gasteiger partial charge in [0, 0.05) is 0 Å². The van der Waals surface area contributed by atoms with Crippen molar-refractivity contribution in [2.45, 2.75) is 257 Å². The van der Waals surface area contributed by atoms with Crippen LogP contribution in [0.25, 0.3) is 0 Å². The van der Waals surface area contributed by atoms with Gasteiger partial charge in [-0.1, -0.05) is 143 Å². The molecule has 20 unspecified atom stereocenters. The number of rotatable bonds is 16. The van der Waals surface area contributed by atoms with Crippen molar-refractivity contribution >= 4 is 27.3 Å². The number of fused-ring (bicyclic) bond motifs is 20. The molecule has 9 aliphatic rings. The van der Waals surface area contributed by atoms with Crippen molar-refractivity contribution in [3.63, 3.8) is 0 Å². The Labute approximate surface area is 395 Å². The van der Waals surface area contributed by atoms with Crippen LogP contribution in [-0.2, 0) is 0 Å². The third-order valence-corrected chi connectivity index (χ3v) is 19.5. The third kappa shape index (κ3) is 10.4. The van der Waals surface area contributed by atoms with Crippen LogP contribution in [-0.4, -0.2) is 76.6 Å². The molecule has 350 valence electrons. The Bertz CT molecular complexity index is 1210. The van der Waals surface area contributed by atoms with Gasteiger partial charge in [-0.3, -0.25) is 42.5 Å². The molecule has 8 bridgehead atoms. The zero-order valence-electron chi connectivity index (χ0n) is 40.1. The fraction of sp³-hybridized carbons (Fsp3) is 1.00. The predicted octanol–water partition coefficient (Wildman–Crippen LogP) is 8.92. The van der Waals surface area contributed by atoms with E-state index in [4.69, 9.17) is 0 Å². The molecule has 0 amide bonds. The molecule has 0 aromatic carbocycles. The standard InChI is InChI=1S/C52H96N8.Pb.2H/c1-5-9-13-23-33-34(24-14-10-6-2)36(26-16-12-8-4)44-43(35(33)25-15-11-7-3)51-58-49-41-31-21-19-29-39(41)47(56-49)54-45-37-27-17-18-28-38(37)46(53-45)55-48-40-30-20-22-32-42(40)50(57-48)59-52(44)60-51;;;/h33-60H,5-32H2,1-4H3;;;. The van der Waals surface area contributed by atoms with Gasteiger partial charge in [-0.05, 0) is 135 Å². The van der Waals surface area contributed by atoms with Crippen molar-refractivity contribution in [2.24, 2.45) is 71.0 Å². The molecule has 8 N–H and O–H groups in total. The van der Waals surface area contributed by atoms with E-state index in [0.717, 1.165) is 35.5 Å². The molecule has 9 heteroatoms. The molecule has 8 nitrogen and oxygen atoms in total. The Morgan fingerprint density at radius 3 is 0.738 bits per heavy atom. The van der Waals surface area contributed by atoms with E-state index < -0.39 is 0 Å². The Kier molecular flexibility index (Phi) is 18.2. The number of nitrogens with one attached hydrogen (secondary N) is 8. The maximum absolute atomic E-state index is 4.62. The summed E-state index contributed by atoms with van der Waals surface area (Å²) in [5.74, 6) is 9.03. The molecule has 9 fully saturated rings. The number of hydrogen-bond acceptors (Lipinski definition) is 8. The van der Waals surface area contributed by atoms with Crippen molar-refractivity contribution in [3.8, 4) is 0 Å². The Hall–Kier alpha value is 0.602. The van der Waals surface area contributed by atoms with Crippen molar-refractivity contribution in [1.82, 2.24) is 42.5 Å². The van der Waals surface area contributed by atoms with Crippen LogP contribution in [0.15, 0.2) is 0 Å². The van der Waals surface area contributed by atoms with Gasteiger partial charge in [-0.2, -0.15) is 0 Å². The summed E-state index contributed by atoms with van der Waals surface area (Å²) >= 11 is 0. The van der Waals surface area contributed by atoms with Gasteiger partial charge in [-0.15, -0.1) is 0 Å². The second-order valence-corrected chi connectivity index (χ2v) is 22.8. The van der Waals surface area contributed by atoms with Crippen LogP contribution in [0.4, 0.5) is 0 Å². The zero-order chi connectivity index (χ0) is 41.0. The summed E-state index contributed by atoms with van der Waals surface area (Å²) < 4.78 is 0. The van der Waals surface area contributed by atoms with E-state index in [9.17, 15) is 0 Å². The van der Waals surface area contributed by atoms with Gasteiger partial charge in [0.1, 0.15) is 0 Å². The van der Waals surface area contributed by atoms with Crippen LogP contribution < -0.4 is 42.5 Å². The second kappa shape index (κ2) is 23.1. The van der Waals surface area contributed by atoms with Crippen LogP contribution in [0.5, 0.6) is 0 Å². The molecule has 0 aromatic heterocycles. The van der Waals surface area contributed by atoms with E-state index in [1.165, 1.54) is 180 Å². The molecule has 5 aliphatic heterocycles. The number of unbranched alkanes of at least 4 members (excludes halogenated alkanes) is 8. The Morgan fingerprint density at radius 2 is 0.492 bits per heavy atom. The molecular weight excluding hydrogens is 944 g/mol. The normalized spacial score (nSPS) is 46.6. The summed E-state index contributed by atoms with van der Waals surface area (Å²) in [5, 5.41) is 35.8. The van der Waals surface area contributed by atoms with E-state index in [0.29, 0.717) is 84.8 Å². The molecule has 0 aromatic rings. The molecule has 61 heavy (non-hydrogen) atoms. The van der Waals surface area contributed by atoms with E-state index >= 15 is 0 Å². The summed E-state index contributed by atoms with van der Waals surface area (Å²) in [4.78, 5) is 0. The quantitative estimate of drug-likeness (QED) is 0.0575. The minimum absolute atomic E-state index is 0. The monoisotopic (exact) mass is 1040 g/mol. The molecule has 4 aliphatic carbocycles. The van der Waals surface area contributed by atoms with Crippen LogP contribution in [0.2, 0.25) is 0 Å². The number of hydrogen-bond donors (Lipinski definition) is 8. The van der Waals surface area contributed by atoms with E-state index in [1.54, 1.807) is 0 Å². The molecule has 5 saturated heterocycles. The van der Waals surface area contributed by atoms with Crippen LogP contribution in [0.1, 0.15) is 207 Å². The van der Waals surface area contributed by atoms with Gasteiger partial charge in [-0.25, -0.2) is 0 Å². The maximum atomic E-state index is 4.62. The third-order valence-electron chi connectivity index (χ3n) is 19.5. The van der Waals surface area contributed by atoms with Crippen molar-refractivity contribution in [2.75, 3.05) is 0 Å². The first-order valence-electron chi connectivity index (χ1n) is 27.7. The first-order valence-corrected chi connectivity index (χ1v) is 27.7. The van der Waals surface area contributed by atoms with E-state index in [-0.39, 0.29) is 27.3 Å².